The van der Waals surface area contributed by atoms with Gasteiger partial charge in [-0.3, -0.25) is 9.69 Å². The standard InChI is InChI=1S/C16H21N3O2/c1-18-5-7-19(8-6-18)11-16(20)14-10-17-15-4-3-12(21-2)9-13(14)15/h3-4,9-10,17H,5-8,11H2,1-2H3. The van der Waals surface area contributed by atoms with Crippen molar-refractivity contribution in [1.29, 1.82) is 0 Å². The van der Waals surface area contributed by atoms with E-state index in [1.54, 1.807) is 7.11 Å². The molecule has 3 rings (SSSR count). The predicted octanol–water partition coefficient (Wildman–Crippen LogP) is 1.61. The van der Waals surface area contributed by atoms with E-state index in [0.717, 1.165) is 48.4 Å². The van der Waals surface area contributed by atoms with Crippen molar-refractivity contribution >= 4 is 16.7 Å². The van der Waals surface area contributed by atoms with Gasteiger partial charge in [0, 0.05) is 48.8 Å². The third kappa shape index (κ3) is 2.94. The Hall–Kier alpha value is -1.85. The maximum atomic E-state index is 12.6. The van der Waals surface area contributed by atoms with E-state index in [0.29, 0.717) is 6.54 Å². The van der Waals surface area contributed by atoms with E-state index in [-0.39, 0.29) is 5.78 Å². The molecule has 1 fully saturated rings. The smallest absolute Gasteiger partial charge is 0.178 e. The van der Waals surface area contributed by atoms with Gasteiger partial charge in [0.2, 0.25) is 0 Å². The number of benzene rings is 1. The summed E-state index contributed by atoms with van der Waals surface area (Å²) in [5.41, 5.74) is 1.72. The van der Waals surface area contributed by atoms with Gasteiger partial charge in [0.05, 0.1) is 13.7 Å². The van der Waals surface area contributed by atoms with Gasteiger partial charge in [-0.1, -0.05) is 0 Å². The molecule has 5 heteroatoms. The average molecular weight is 287 g/mol. The third-order valence-electron chi connectivity index (χ3n) is 4.15. The molecule has 0 saturated carbocycles. The van der Waals surface area contributed by atoms with E-state index in [1.807, 2.05) is 24.4 Å². The lowest BCUT2D eigenvalue weighted by atomic mass is 10.1. The highest BCUT2D eigenvalue weighted by Crippen LogP contribution is 2.24. The van der Waals surface area contributed by atoms with E-state index < -0.39 is 0 Å². The predicted molar refractivity (Wildman–Crippen MR) is 83.1 cm³/mol. The molecule has 1 aromatic carbocycles. The number of carbonyl (C=O) groups is 1. The summed E-state index contributed by atoms with van der Waals surface area (Å²) in [7, 11) is 3.75. The maximum Gasteiger partial charge on any atom is 0.178 e. The van der Waals surface area contributed by atoms with Crippen LogP contribution in [0.15, 0.2) is 24.4 Å². The molecule has 21 heavy (non-hydrogen) atoms. The number of rotatable bonds is 4. The fraction of sp³-hybridized carbons (Fsp3) is 0.438. The summed E-state index contributed by atoms with van der Waals surface area (Å²) >= 11 is 0. The van der Waals surface area contributed by atoms with E-state index >= 15 is 0 Å². The van der Waals surface area contributed by atoms with Gasteiger partial charge in [0.15, 0.2) is 5.78 Å². The summed E-state index contributed by atoms with van der Waals surface area (Å²) < 4.78 is 5.25. The second-order valence-corrected chi connectivity index (χ2v) is 5.62. The summed E-state index contributed by atoms with van der Waals surface area (Å²) in [4.78, 5) is 20.2. The zero-order valence-electron chi connectivity index (χ0n) is 12.6. The molecule has 2 aromatic rings. The highest BCUT2D eigenvalue weighted by atomic mass is 16.5. The van der Waals surface area contributed by atoms with E-state index in [9.17, 15) is 4.79 Å². The van der Waals surface area contributed by atoms with Crippen LogP contribution in [0.5, 0.6) is 5.75 Å². The van der Waals surface area contributed by atoms with Crippen molar-refractivity contribution in [1.82, 2.24) is 14.8 Å². The molecular formula is C16H21N3O2. The Balaban J connectivity index is 1.78. The molecule has 1 saturated heterocycles. The van der Waals surface area contributed by atoms with Crippen LogP contribution in [-0.4, -0.2) is 67.4 Å². The molecule has 1 aliphatic rings. The summed E-state index contributed by atoms with van der Waals surface area (Å²) in [5, 5.41) is 0.938. The number of hydrogen-bond acceptors (Lipinski definition) is 4. The minimum Gasteiger partial charge on any atom is -0.497 e. The minimum atomic E-state index is 0.166. The number of aromatic nitrogens is 1. The molecular weight excluding hydrogens is 266 g/mol. The quantitative estimate of drug-likeness (QED) is 0.868. The Bertz CT molecular complexity index is 642. The second kappa shape index (κ2) is 5.87. The number of nitrogens with zero attached hydrogens (tertiary/aromatic N) is 2. The summed E-state index contributed by atoms with van der Waals surface area (Å²) in [6.07, 6.45) is 1.81. The number of nitrogens with one attached hydrogen (secondary N) is 1. The first-order chi connectivity index (χ1) is 10.2. The molecule has 1 aliphatic heterocycles. The Morgan fingerprint density at radius 3 is 2.76 bits per heavy atom. The van der Waals surface area contributed by atoms with Crippen LogP contribution in [0.4, 0.5) is 0 Å². The average Bonchev–Trinajstić information content (AvgIpc) is 2.92. The van der Waals surface area contributed by atoms with Gasteiger partial charge in [-0.25, -0.2) is 0 Å². The first-order valence-corrected chi connectivity index (χ1v) is 7.26. The molecule has 112 valence electrons. The first-order valence-electron chi connectivity index (χ1n) is 7.26. The number of aromatic amines is 1. The minimum absolute atomic E-state index is 0.166. The topological polar surface area (TPSA) is 48.6 Å². The summed E-state index contributed by atoms with van der Waals surface area (Å²) in [6, 6.07) is 5.76. The van der Waals surface area contributed by atoms with Crippen LogP contribution in [0, 0.1) is 0 Å². The number of carbonyl (C=O) groups excluding carboxylic acids is 1. The molecule has 0 radical (unpaired) electrons. The number of ketones is 1. The van der Waals surface area contributed by atoms with Crippen molar-refractivity contribution in [3.63, 3.8) is 0 Å². The van der Waals surface area contributed by atoms with Crippen molar-refractivity contribution < 1.29 is 9.53 Å². The van der Waals surface area contributed by atoms with Gasteiger partial charge in [0.1, 0.15) is 5.75 Å². The van der Waals surface area contributed by atoms with Crippen LogP contribution in [0.1, 0.15) is 10.4 Å². The van der Waals surface area contributed by atoms with E-state index in [2.05, 4.69) is 21.8 Å². The Morgan fingerprint density at radius 2 is 2.05 bits per heavy atom. The Labute approximate surface area is 124 Å². The van der Waals surface area contributed by atoms with Crippen molar-refractivity contribution in [3.8, 4) is 5.75 Å². The third-order valence-corrected chi connectivity index (χ3v) is 4.15. The van der Waals surface area contributed by atoms with Gasteiger partial charge in [-0.2, -0.15) is 0 Å². The fourth-order valence-electron chi connectivity index (χ4n) is 2.75. The molecule has 0 aliphatic carbocycles. The number of H-pyrrole nitrogens is 1. The highest BCUT2D eigenvalue weighted by Gasteiger charge is 2.19. The SMILES string of the molecule is COc1ccc2[nH]cc(C(=O)CN3CCN(C)CC3)c2c1. The lowest BCUT2D eigenvalue weighted by Gasteiger charge is -2.31. The molecule has 0 spiro atoms. The number of likely N-dealkylation sites (N-methyl/N-ethyl adjacent to an activating group) is 1. The molecule has 5 nitrogen and oxygen atoms in total. The van der Waals surface area contributed by atoms with Crippen LogP contribution in [0.25, 0.3) is 10.9 Å². The van der Waals surface area contributed by atoms with E-state index in [4.69, 9.17) is 4.74 Å². The molecule has 0 unspecified atom stereocenters. The molecule has 1 aromatic heterocycles. The second-order valence-electron chi connectivity index (χ2n) is 5.62. The Morgan fingerprint density at radius 1 is 1.29 bits per heavy atom. The van der Waals surface area contributed by atoms with Gasteiger partial charge in [0.25, 0.3) is 0 Å². The number of fused-ring (bicyclic) bond motifs is 1. The van der Waals surface area contributed by atoms with Gasteiger partial charge in [-0.05, 0) is 25.2 Å². The lowest BCUT2D eigenvalue weighted by Crippen LogP contribution is -2.46. The van der Waals surface area contributed by atoms with Crippen LogP contribution in [-0.2, 0) is 0 Å². The summed E-state index contributed by atoms with van der Waals surface area (Å²) in [5.74, 6) is 0.940. The van der Waals surface area contributed by atoms with Gasteiger partial charge < -0.3 is 14.6 Å². The van der Waals surface area contributed by atoms with Crippen molar-refractivity contribution in [2.75, 3.05) is 46.9 Å². The number of piperazine rings is 1. The normalized spacial score (nSPS) is 17.2. The van der Waals surface area contributed by atoms with Crippen LogP contribution < -0.4 is 4.74 Å². The number of ether oxygens (including phenoxy) is 1. The van der Waals surface area contributed by atoms with Gasteiger partial charge >= 0.3 is 0 Å². The fourth-order valence-corrected chi connectivity index (χ4v) is 2.75. The number of methoxy groups -OCH3 is 1. The molecule has 1 N–H and O–H groups in total. The van der Waals surface area contributed by atoms with E-state index in [1.165, 1.54) is 0 Å². The summed E-state index contributed by atoms with van der Waals surface area (Å²) in [6.45, 7) is 4.43. The number of hydrogen-bond donors (Lipinski definition) is 1. The van der Waals surface area contributed by atoms with Crippen molar-refractivity contribution in [3.05, 3.63) is 30.0 Å². The maximum absolute atomic E-state index is 12.6. The van der Waals surface area contributed by atoms with Crippen LogP contribution >= 0.6 is 0 Å². The zero-order chi connectivity index (χ0) is 14.8. The zero-order valence-corrected chi connectivity index (χ0v) is 12.6. The van der Waals surface area contributed by atoms with Crippen LogP contribution in [0.2, 0.25) is 0 Å². The molecule has 0 bridgehead atoms. The molecule has 2 heterocycles. The van der Waals surface area contributed by atoms with Crippen molar-refractivity contribution in [2.24, 2.45) is 0 Å². The highest BCUT2D eigenvalue weighted by molar-refractivity contribution is 6.09. The molecule has 0 atom stereocenters. The molecule has 0 amide bonds. The monoisotopic (exact) mass is 287 g/mol. The largest absolute Gasteiger partial charge is 0.497 e. The number of Topliss-reactive ketones (excluding diaryl/α,β-unsaturated/α-hetero) is 1. The first kappa shape index (κ1) is 14.1. The van der Waals surface area contributed by atoms with Crippen LogP contribution in [0.3, 0.4) is 0 Å². The van der Waals surface area contributed by atoms with Crippen molar-refractivity contribution in [2.45, 2.75) is 0 Å². The lowest BCUT2D eigenvalue weighted by molar-refractivity contribution is 0.0878. The van der Waals surface area contributed by atoms with Gasteiger partial charge in [-0.15, -0.1) is 0 Å². The Kier molecular flexibility index (Phi) is 3.94.